The van der Waals surface area contributed by atoms with Gasteiger partial charge in [0.15, 0.2) is 0 Å². The molecular weight excluding hydrogens is 295 g/mol. The highest BCUT2D eigenvalue weighted by Crippen LogP contribution is 2.16. The molecule has 0 fully saturated rings. The van der Waals surface area contributed by atoms with Crippen LogP contribution in [0.3, 0.4) is 0 Å². The van der Waals surface area contributed by atoms with E-state index in [9.17, 15) is 9.59 Å². The zero-order valence-electron chi connectivity index (χ0n) is 7.50. The smallest absolute Gasteiger partial charge is 0.252 e. The van der Waals surface area contributed by atoms with E-state index in [0.717, 1.165) is 0 Å². The average Bonchev–Trinajstić information content (AvgIpc) is 2.16. The summed E-state index contributed by atoms with van der Waals surface area (Å²) in [5, 5.41) is 2.49. The number of hydrogen-bond acceptors (Lipinski definition) is 2. The van der Waals surface area contributed by atoms with Gasteiger partial charge in [0.2, 0.25) is 5.91 Å². The molecule has 14 heavy (non-hydrogen) atoms. The minimum atomic E-state index is -0.528. The molecule has 2 amide bonds. The van der Waals surface area contributed by atoms with Crippen LogP contribution in [-0.4, -0.2) is 18.9 Å². The number of primary amides is 1. The Balaban J connectivity index is 3.27. The molecule has 0 aliphatic rings. The van der Waals surface area contributed by atoms with E-state index in [1.165, 1.54) is 7.05 Å². The van der Waals surface area contributed by atoms with Crippen LogP contribution in [-0.2, 0) is 0 Å². The SMILES string of the molecule is CNC(=O)c1cccc(C(N)=O)c1I. The van der Waals surface area contributed by atoms with E-state index < -0.39 is 5.91 Å². The highest BCUT2D eigenvalue weighted by atomic mass is 127. The zero-order valence-corrected chi connectivity index (χ0v) is 9.66. The molecule has 0 saturated heterocycles. The number of carbonyl (C=O) groups excluding carboxylic acids is 2. The maximum Gasteiger partial charge on any atom is 0.252 e. The van der Waals surface area contributed by atoms with Crippen molar-refractivity contribution in [2.45, 2.75) is 0 Å². The zero-order chi connectivity index (χ0) is 10.7. The second kappa shape index (κ2) is 4.41. The maximum atomic E-state index is 11.3. The molecule has 0 bridgehead atoms. The van der Waals surface area contributed by atoms with Crippen molar-refractivity contribution in [3.8, 4) is 0 Å². The number of amides is 2. The summed E-state index contributed by atoms with van der Waals surface area (Å²) in [5.41, 5.74) is 5.98. The molecule has 1 aromatic carbocycles. The van der Waals surface area contributed by atoms with Crippen molar-refractivity contribution >= 4 is 34.4 Å². The Morgan fingerprint density at radius 1 is 1.36 bits per heavy atom. The Bertz CT molecular complexity index is 390. The van der Waals surface area contributed by atoms with Gasteiger partial charge in [-0.05, 0) is 34.7 Å². The van der Waals surface area contributed by atoms with Gasteiger partial charge in [-0.15, -0.1) is 0 Å². The van der Waals surface area contributed by atoms with Crippen LogP contribution in [0, 0.1) is 3.57 Å². The quantitative estimate of drug-likeness (QED) is 0.791. The number of nitrogens with two attached hydrogens (primary N) is 1. The maximum absolute atomic E-state index is 11.3. The largest absolute Gasteiger partial charge is 0.366 e. The fourth-order valence-corrected chi connectivity index (χ4v) is 1.90. The highest BCUT2D eigenvalue weighted by Gasteiger charge is 2.13. The summed E-state index contributed by atoms with van der Waals surface area (Å²) >= 11 is 1.93. The molecule has 0 aliphatic heterocycles. The van der Waals surface area contributed by atoms with Crippen LogP contribution in [0.4, 0.5) is 0 Å². The molecule has 1 aromatic rings. The fourth-order valence-electron chi connectivity index (χ4n) is 1.03. The van der Waals surface area contributed by atoms with Crippen molar-refractivity contribution < 1.29 is 9.59 Å². The normalized spacial score (nSPS) is 9.57. The van der Waals surface area contributed by atoms with Gasteiger partial charge in [0.25, 0.3) is 5.91 Å². The Kier molecular flexibility index (Phi) is 3.45. The lowest BCUT2D eigenvalue weighted by atomic mass is 10.1. The second-order valence-electron chi connectivity index (χ2n) is 2.61. The fraction of sp³-hybridized carbons (Fsp3) is 0.111. The molecule has 4 nitrogen and oxygen atoms in total. The van der Waals surface area contributed by atoms with Crippen LogP contribution in [0.15, 0.2) is 18.2 Å². The van der Waals surface area contributed by atoms with Gasteiger partial charge in [-0.2, -0.15) is 0 Å². The van der Waals surface area contributed by atoms with E-state index in [1.54, 1.807) is 18.2 Å². The van der Waals surface area contributed by atoms with Crippen molar-refractivity contribution in [2.24, 2.45) is 5.73 Å². The lowest BCUT2D eigenvalue weighted by Gasteiger charge is -2.05. The van der Waals surface area contributed by atoms with E-state index in [2.05, 4.69) is 5.32 Å². The summed E-state index contributed by atoms with van der Waals surface area (Å²) < 4.78 is 0.581. The molecular formula is C9H9IN2O2. The predicted octanol–water partition coefficient (Wildman–Crippen LogP) is 0.750. The van der Waals surface area contributed by atoms with E-state index in [0.29, 0.717) is 14.7 Å². The molecule has 74 valence electrons. The summed E-state index contributed by atoms with van der Waals surface area (Å²) in [6, 6.07) is 4.87. The molecule has 0 spiro atoms. The third kappa shape index (κ3) is 2.03. The number of halogens is 1. The number of hydrogen-bond donors (Lipinski definition) is 2. The Labute approximate surface area is 95.0 Å². The second-order valence-corrected chi connectivity index (χ2v) is 3.69. The van der Waals surface area contributed by atoms with Crippen molar-refractivity contribution in [1.29, 1.82) is 0 Å². The van der Waals surface area contributed by atoms with Gasteiger partial charge in [-0.1, -0.05) is 6.07 Å². The third-order valence-electron chi connectivity index (χ3n) is 1.74. The number of carbonyl (C=O) groups is 2. The van der Waals surface area contributed by atoms with E-state index >= 15 is 0 Å². The number of rotatable bonds is 2. The standard InChI is InChI=1S/C9H9IN2O2/c1-12-9(14)6-4-2-3-5(7(6)10)8(11)13/h2-4H,1H3,(H2,11,13)(H,12,14). The first-order valence-corrected chi connectivity index (χ1v) is 4.96. The van der Waals surface area contributed by atoms with Gasteiger partial charge in [-0.25, -0.2) is 0 Å². The van der Waals surface area contributed by atoms with Gasteiger partial charge >= 0.3 is 0 Å². The molecule has 0 heterocycles. The molecule has 5 heteroatoms. The molecule has 1 rings (SSSR count). The van der Waals surface area contributed by atoms with Crippen LogP contribution in [0.25, 0.3) is 0 Å². The molecule has 0 unspecified atom stereocenters. The first kappa shape index (κ1) is 11.0. The summed E-state index contributed by atoms with van der Waals surface area (Å²) in [6.07, 6.45) is 0. The van der Waals surface area contributed by atoms with Crippen LogP contribution in [0.5, 0.6) is 0 Å². The molecule has 0 aliphatic carbocycles. The number of benzene rings is 1. The Hall–Kier alpha value is -1.11. The minimum absolute atomic E-state index is 0.225. The van der Waals surface area contributed by atoms with Crippen molar-refractivity contribution in [3.05, 3.63) is 32.9 Å². The van der Waals surface area contributed by atoms with Crippen molar-refractivity contribution in [2.75, 3.05) is 7.05 Å². The lowest BCUT2D eigenvalue weighted by molar-refractivity contribution is 0.0962. The van der Waals surface area contributed by atoms with Gasteiger partial charge in [0, 0.05) is 10.6 Å². The van der Waals surface area contributed by atoms with Gasteiger partial charge in [-0.3, -0.25) is 9.59 Å². The van der Waals surface area contributed by atoms with E-state index in [1.807, 2.05) is 22.6 Å². The summed E-state index contributed by atoms with van der Waals surface area (Å²) in [6.45, 7) is 0. The van der Waals surface area contributed by atoms with Crippen molar-refractivity contribution in [3.63, 3.8) is 0 Å². The van der Waals surface area contributed by atoms with Crippen LogP contribution < -0.4 is 11.1 Å². The van der Waals surface area contributed by atoms with E-state index in [-0.39, 0.29) is 5.91 Å². The molecule has 3 N–H and O–H groups in total. The topological polar surface area (TPSA) is 72.2 Å². The highest BCUT2D eigenvalue weighted by molar-refractivity contribution is 14.1. The minimum Gasteiger partial charge on any atom is -0.366 e. The van der Waals surface area contributed by atoms with Gasteiger partial charge in [0.05, 0.1) is 11.1 Å². The number of nitrogens with one attached hydrogen (secondary N) is 1. The van der Waals surface area contributed by atoms with Crippen LogP contribution in [0.1, 0.15) is 20.7 Å². The van der Waals surface area contributed by atoms with Crippen LogP contribution in [0.2, 0.25) is 0 Å². The van der Waals surface area contributed by atoms with Gasteiger partial charge in [0.1, 0.15) is 0 Å². The first-order valence-electron chi connectivity index (χ1n) is 3.88. The van der Waals surface area contributed by atoms with Crippen LogP contribution >= 0.6 is 22.6 Å². The Morgan fingerprint density at radius 3 is 2.43 bits per heavy atom. The summed E-state index contributed by atoms with van der Waals surface area (Å²) in [5.74, 6) is -0.752. The summed E-state index contributed by atoms with van der Waals surface area (Å²) in [4.78, 5) is 22.3. The molecule has 0 radical (unpaired) electrons. The molecule has 0 atom stereocenters. The predicted molar refractivity (Wildman–Crippen MR) is 61.1 cm³/mol. The van der Waals surface area contributed by atoms with E-state index in [4.69, 9.17) is 5.73 Å². The van der Waals surface area contributed by atoms with Crippen molar-refractivity contribution in [1.82, 2.24) is 5.32 Å². The molecule has 0 saturated carbocycles. The average molecular weight is 304 g/mol. The first-order chi connectivity index (χ1) is 6.57. The monoisotopic (exact) mass is 304 g/mol. The van der Waals surface area contributed by atoms with Gasteiger partial charge < -0.3 is 11.1 Å². The summed E-state index contributed by atoms with van der Waals surface area (Å²) in [7, 11) is 1.54. The Morgan fingerprint density at radius 2 is 1.93 bits per heavy atom. The lowest BCUT2D eigenvalue weighted by Crippen LogP contribution is -2.21. The third-order valence-corrected chi connectivity index (χ3v) is 2.90. The molecule has 0 aromatic heterocycles.